The fraction of sp³-hybridized carbons (Fsp3) is 0.222. The molecular weight excluding hydrogens is 363 g/mol. The zero-order valence-electron chi connectivity index (χ0n) is 14.2. The van der Waals surface area contributed by atoms with Crippen LogP contribution in [0.3, 0.4) is 0 Å². The number of hydrogen-bond acceptors (Lipinski definition) is 4. The lowest BCUT2D eigenvalue weighted by Gasteiger charge is -2.15. The summed E-state index contributed by atoms with van der Waals surface area (Å²) in [6, 6.07) is 10.7. The number of halogens is 2. The molecule has 0 saturated carbocycles. The second-order valence-electron chi connectivity index (χ2n) is 5.43. The summed E-state index contributed by atoms with van der Waals surface area (Å²) in [7, 11) is 0. The molecule has 2 rings (SSSR count). The Labute approximate surface area is 155 Å². The topological polar surface area (TPSA) is 76.7 Å². The summed E-state index contributed by atoms with van der Waals surface area (Å²) in [4.78, 5) is 23.6. The van der Waals surface area contributed by atoms with Crippen LogP contribution in [0.2, 0.25) is 5.02 Å². The van der Waals surface area contributed by atoms with Gasteiger partial charge in [0.1, 0.15) is 5.75 Å². The van der Waals surface area contributed by atoms with Crippen molar-refractivity contribution in [2.45, 2.75) is 20.0 Å². The van der Waals surface area contributed by atoms with Gasteiger partial charge in [-0.05, 0) is 49.7 Å². The predicted octanol–water partition coefficient (Wildman–Crippen LogP) is 2.78. The number of hydrogen-bond donors (Lipinski definition) is 2. The maximum Gasteiger partial charge on any atom is 0.279 e. The molecule has 0 spiro atoms. The third-order valence-corrected chi connectivity index (χ3v) is 3.76. The first-order valence-electron chi connectivity index (χ1n) is 7.75. The summed E-state index contributed by atoms with van der Waals surface area (Å²) in [5.74, 6) is -1.36. The first-order chi connectivity index (χ1) is 12.4. The second-order valence-corrected chi connectivity index (χ2v) is 5.83. The van der Waals surface area contributed by atoms with Crippen molar-refractivity contribution in [1.82, 2.24) is 10.9 Å². The largest absolute Gasteiger partial charge is 0.484 e. The highest BCUT2D eigenvalue weighted by molar-refractivity contribution is 6.31. The average molecular weight is 381 g/mol. The van der Waals surface area contributed by atoms with Crippen molar-refractivity contribution in [1.29, 1.82) is 0 Å². The number of carbonyl (C=O) groups excluding carboxylic acids is 2. The smallest absolute Gasteiger partial charge is 0.279 e. The summed E-state index contributed by atoms with van der Waals surface area (Å²) in [5.41, 5.74) is 5.20. The van der Waals surface area contributed by atoms with E-state index in [9.17, 15) is 14.0 Å². The Balaban J connectivity index is 1.76. The fourth-order valence-corrected chi connectivity index (χ4v) is 2.03. The van der Waals surface area contributed by atoms with E-state index in [0.717, 1.165) is 5.56 Å². The molecule has 0 heterocycles. The molecule has 0 aliphatic rings. The molecule has 2 aromatic rings. The standard InChI is InChI=1S/C18H18ClFN2O4/c1-11-9-13(7-8-14(11)19)25-10-17(23)21-22-18(24)12(2)26-16-6-4-3-5-15(16)20/h3-9,12H,10H2,1-2H3,(H,21,23)(H,22,24). The van der Waals surface area contributed by atoms with Crippen LogP contribution in [0, 0.1) is 12.7 Å². The first kappa shape index (κ1) is 19.5. The number of ether oxygens (including phenoxy) is 2. The molecule has 0 aromatic heterocycles. The molecule has 1 unspecified atom stereocenters. The number of benzene rings is 2. The van der Waals surface area contributed by atoms with Gasteiger partial charge in [0, 0.05) is 5.02 Å². The zero-order valence-corrected chi connectivity index (χ0v) is 15.0. The number of aryl methyl sites for hydroxylation is 1. The van der Waals surface area contributed by atoms with Gasteiger partial charge in [0.05, 0.1) is 0 Å². The number of rotatable bonds is 6. The number of para-hydroxylation sites is 1. The van der Waals surface area contributed by atoms with Crippen molar-refractivity contribution >= 4 is 23.4 Å². The predicted molar refractivity (Wildman–Crippen MR) is 94.5 cm³/mol. The van der Waals surface area contributed by atoms with Crippen LogP contribution in [-0.4, -0.2) is 24.5 Å². The third kappa shape index (κ3) is 5.63. The van der Waals surface area contributed by atoms with Crippen molar-refractivity contribution < 1.29 is 23.5 Å². The minimum atomic E-state index is -1.01. The van der Waals surface area contributed by atoms with Crippen molar-refractivity contribution in [3.05, 3.63) is 58.9 Å². The lowest BCUT2D eigenvalue weighted by Crippen LogP contribution is -2.48. The number of carbonyl (C=O) groups is 2. The van der Waals surface area contributed by atoms with Gasteiger partial charge in [-0.3, -0.25) is 20.4 Å². The van der Waals surface area contributed by atoms with E-state index in [1.54, 1.807) is 24.3 Å². The van der Waals surface area contributed by atoms with E-state index in [4.69, 9.17) is 21.1 Å². The van der Waals surface area contributed by atoms with Gasteiger partial charge in [-0.1, -0.05) is 23.7 Å². The van der Waals surface area contributed by atoms with Crippen LogP contribution < -0.4 is 20.3 Å². The van der Waals surface area contributed by atoms with Gasteiger partial charge in [-0.2, -0.15) is 0 Å². The van der Waals surface area contributed by atoms with Crippen LogP contribution in [0.25, 0.3) is 0 Å². The van der Waals surface area contributed by atoms with Crippen LogP contribution in [0.5, 0.6) is 11.5 Å². The minimum Gasteiger partial charge on any atom is -0.484 e. The molecule has 6 nitrogen and oxygen atoms in total. The molecule has 1 atom stereocenters. The molecule has 2 N–H and O–H groups in total. The van der Waals surface area contributed by atoms with E-state index >= 15 is 0 Å². The lowest BCUT2D eigenvalue weighted by atomic mass is 10.2. The Morgan fingerprint density at radius 2 is 1.92 bits per heavy atom. The summed E-state index contributed by atoms with van der Waals surface area (Å²) in [5, 5.41) is 0.595. The summed E-state index contributed by atoms with van der Waals surface area (Å²) in [6.45, 7) is 2.94. The molecule has 0 bridgehead atoms. The Hall–Kier alpha value is -2.80. The molecule has 2 aromatic carbocycles. The van der Waals surface area contributed by atoms with E-state index in [2.05, 4.69) is 10.9 Å². The van der Waals surface area contributed by atoms with Crippen LogP contribution in [0.15, 0.2) is 42.5 Å². The highest BCUT2D eigenvalue weighted by Gasteiger charge is 2.17. The second kappa shape index (κ2) is 9.05. The quantitative estimate of drug-likeness (QED) is 0.755. The maximum absolute atomic E-state index is 13.5. The van der Waals surface area contributed by atoms with Gasteiger partial charge in [-0.25, -0.2) is 4.39 Å². The van der Waals surface area contributed by atoms with E-state index < -0.39 is 23.7 Å². The molecule has 138 valence electrons. The molecular formula is C18H18ClFN2O4. The summed E-state index contributed by atoms with van der Waals surface area (Å²) in [6.07, 6.45) is -1.01. The van der Waals surface area contributed by atoms with Gasteiger partial charge >= 0.3 is 0 Å². The average Bonchev–Trinajstić information content (AvgIpc) is 2.62. The monoisotopic (exact) mass is 380 g/mol. The molecule has 8 heteroatoms. The summed E-state index contributed by atoms with van der Waals surface area (Å²) >= 11 is 5.91. The van der Waals surface area contributed by atoms with Gasteiger partial charge in [0.25, 0.3) is 11.8 Å². The van der Waals surface area contributed by atoms with E-state index in [-0.39, 0.29) is 12.4 Å². The zero-order chi connectivity index (χ0) is 19.1. The Morgan fingerprint density at radius 1 is 1.19 bits per heavy atom. The molecule has 0 fully saturated rings. The number of amides is 2. The fourth-order valence-electron chi connectivity index (χ4n) is 1.91. The first-order valence-corrected chi connectivity index (χ1v) is 8.13. The van der Waals surface area contributed by atoms with E-state index in [1.807, 2.05) is 6.92 Å². The molecule has 26 heavy (non-hydrogen) atoms. The number of hydrazine groups is 1. The van der Waals surface area contributed by atoms with Crippen molar-refractivity contribution in [3.63, 3.8) is 0 Å². The van der Waals surface area contributed by atoms with Crippen molar-refractivity contribution in [3.8, 4) is 11.5 Å². The van der Waals surface area contributed by atoms with Crippen LogP contribution in [-0.2, 0) is 9.59 Å². The van der Waals surface area contributed by atoms with E-state index in [1.165, 1.54) is 25.1 Å². The van der Waals surface area contributed by atoms with Gasteiger partial charge < -0.3 is 9.47 Å². The van der Waals surface area contributed by atoms with E-state index in [0.29, 0.717) is 10.8 Å². The molecule has 2 amide bonds. The molecule has 0 aliphatic heterocycles. The normalized spacial score (nSPS) is 11.4. The van der Waals surface area contributed by atoms with Crippen molar-refractivity contribution in [2.24, 2.45) is 0 Å². The summed E-state index contributed by atoms with van der Waals surface area (Å²) < 4.78 is 24.0. The highest BCUT2D eigenvalue weighted by atomic mass is 35.5. The van der Waals surface area contributed by atoms with Crippen LogP contribution in [0.1, 0.15) is 12.5 Å². The Kier molecular flexibility index (Phi) is 6.80. The minimum absolute atomic E-state index is 0.0529. The Bertz CT molecular complexity index is 801. The molecule has 0 aliphatic carbocycles. The van der Waals surface area contributed by atoms with Gasteiger partial charge in [0.2, 0.25) is 0 Å². The lowest BCUT2D eigenvalue weighted by molar-refractivity contribution is -0.133. The van der Waals surface area contributed by atoms with Crippen molar-refractivity contribution in [2.75, 3.05) is 6.61 Å². The van der Waals surface area contributed by atoms with Crippen LogP contribution in [0.4, 0.5) is 4.39 Å². The van der Waals surface area contributed by atoms with Gasteiger partial charge in [-0.15, -0.1) is 0 Å². The maximum atomic E-state index is 13.5. The van der Waals surface area contributed by atoms with Gasteiger partial charge in [0.15, 0.2) is 24.3 Å². The molecule has 0 saturated heterocycles. The number of nitrogens with one attached hydrogen (secondary N) is 2. The molecule has 0 radical (unpaired) electrons. The van der Waals surface area contributed by atoms with Crippen LogP contribution >= 0.6 is 11.6 Å². The highest BCUT2D eigenvalue weighted by Crippen LogP contribution is 2.21. The Morgan fingerprint density at radius 3 is 2.62 bits per heavy atom. The SMILES string of the molecule is Cc1cc(OCC(=O)NNC(=O)C(C)Oc2ccccc2F)ccc1Cl. The third-order valence-electron chi connectivity index (χ3n) is 3.33.